The fourth-order valence-corrected chi connectivity index (χ4v) is 3.28. The lowest BCUT2D eigenvalue weighted by Crippen LogP contribution is -2.47. The van der Waals surface area contributed by atoms with Gasteiger partial charge in [-0.3, -0.25) is 14.5 Å². The van der Waals surface area contributed by atoms with Gasteiger partial charge in [0.2, 0.25) is 11.8 Å². The highest BCUT2D eigenvalue weighted by Crippen LogP contribution is 2.17. The van der Waals surface area contributed by atoms with Crippen LogP contribution in [0, 0.1) is 0 Å². The summed E-state index contributed by atoms with van der Waals surface area (Å²) in [5, 5.41) is 6.30. The average Bonchev–Trinajstić information content (AvgIpc) is 3.00. The maximum Gasteiger partial charge on any atom is 0.234 e. The maximum absolute atomic E-state index is 12.2. The molecule has 6 nitrogen and oxygen atoms in total. The first kappa shape index (κ1) is 22.7. The SMILES string of the molecule is Cl.Cl.O=C(CN1CCNCC1)NCc1ccccc1CN1CCCC1=O. The second-order valence-electron chi connectivity index (χ2n) is 6.49. The van der Waals surface area contributed by atoms with E-state index in [0.29, 0.717) is 26.1 Å². The monoisotopic (exact) mass is 402 g/mol. The van der Waals surface area contributed by atoms with Crippen molar-refractivity contribution in [1.82, 2.24) is 20.4 Å². The predicted octanol–water partition coefficient (Wildman–Crippen LogP) is 1.17. The standard InChI is InChI=1S/C18H26N4O2.2ClH/c23-17(14-21-10-7-19-8-11-21)20-12-15-4-1-2-5-16(15)13-22-9-3-6-18(22)24;;/h1-2,4-5,19H,3,6-14H2,(H,20,23);2*1H. The quantitative estimate of drug-likeness (QED) is 0.749. The number of amides is 2. The van der Waals surface area contributed by atoms with E-state index in [4.69, 9.17) is 0 Å². The molecule has 2 amide bonds. The molecule has 0 saturated carbocycles. The van der Waals surface area contributed by atoms with Crippen LogP contribution in [0.4, 0.5) is 0 Å². The normalized spacial score (nSPS) is 17.4. The molecular formula is C18H28Cl2N4O2. The molecule has 2 N–H and O–H groups in total. The van der Waals surface area contributed by atoms with Crippen LogP contribution in [0.3, 0.4) is 0 Å². The van der Waals surface area contributed by atoms with Crippen molar-refractivity contribution in [2.45, 2.75) is 25.9 Å². The van der Waals surface area contributed by atoms with Crippen LogP contribution in [0.2, 0.25) is 0 Å². The number of likely N-dealkylation sites (tertiary alicyclic amines) is 1. The summed E-state index contributed by atoms with van der Waals surface area (Å²) in [6.45, 7) is 6.17. The lowest BCUT2D eigenvalue weighted by Gasteiger charge is -2.26. The minimum Gasteiger partial charge on any atom is -0.351 e. The van der Waals surface area contributed by atoms with Gasteiger partial charge in [-0.05, 0) is 17.5 Å². The van der Waals surface area contributed by atoms with Gasteiger partial charge in [0.25, 0.3) is 0 Å². The van der Waals surface area contributed by atoms with E-state index < -0.39 is 0 Å². The van der Waals surface area contributed by atoms with Crippen molar-refractivity contribution in [3.8, 4) is 0 Å². The van der Waals surface area contributed by atoms with Gasteiger partial charge in [-0.1, -0.05) is 24.3 Å². The van der Waals surface area contributed by atoms with Crippen LogP contribution in [0.25, 0.3) is 0 Å². The van der Waals surface area contributed by atoms with E-state index in [1.165, 1.54) is 0 Å². The molecule has 2 saturated heterocycles. The average molecular weight is 403 g/mol. The molecule has 0 atom stereocenters. The number of carbonyl (C=O) groups is 2. The molecule has 2 heterocycles. The van der Waals surface area contributed by atoms with Crippen molar-refractivity contribution in [3.05, 3.63) is 35.4 Å². The number of piperazine rings is 1. The molecular weight excluding hydrogens is 375 g/mol. The number of hydrogen-bond donors (Lipinski definition) is 2. The van der Waals surface area contributed by atoms with Crippen molar-refractivity contribution in [2.75, 3.05) is 39.3 Å². The summed E-state index contributed by atoms with van der Waals surface area (Å²) in [7, 11) is 0. The Morgan fingerprint density at radius 2 is 1.77 bits per heavy atom. The molecule has 0 aromatic heterocycles. The molecule has 2 fully saturated rings. The Hall–Kier alpha value is -1.34. The van der Waals surface area contributed by atoms with Gasteiger partial charge < -0.3 is 15.5 Å². The molecule has 3 rings (SSSR count). The Bertz CT molecular complexity index is 594. The number of nitrogens with one attached hydrogen (secondary N) is 2. The number of benzene rings is 1. The van der Waals surface area contributed by atoms with Crippen LogP contribution in [-0.4, -0.2) is 60.9 Å². The molecule has 26 heavy (non-hydrogen) atoms. The Labute approximate surface area is 167 Å². The van der Waals surface area contributed by atoms with Gasteiger partial charge in [-0.25, -0.2) is 0 Å². The molecule has 146 valence electrons. The van der Waals surface area contributed by atoms with Crippen LogP contribution < -0.4 is 10.6 Å². The Morgan fingerprint density at radius 1 is 1.08 bits per heavy atom. The maximum atomic E-state index is 12.2. The Morgan fingerprint density at radius 3 is 2.42 bits per heavy atom. The lowest BCUT2D eigenvalue weighted by molar-refractivity contribution is -0.128. The molecule has 0 bridgehead atoms. The molecule has 0 radical (unpaired) electrons. The van der Waals surface area contributed by atoms with Gasteiger partial charge in [-0.15, -0.1) is 24.8 Å². The Balaban J connectivity index is 0.00000169. The zero-order valence-corrected chi connectivity index (χ0v) is 16.5. The van der Waals surface area contributed by atoms with Gasteiger partial charge in [0.15, 0.2) is 0 Å². The fourth-order valence-electron chi connectivity index (χ4n) is 3.28. The van der Waals surface area contributed by atoms with Crippen molar-refractivity contribution in [2.24, 2.45) is 0 Å². The lowest BCUT2D eigenvalue weighted by atomic mass is 10.1. The topological polar surface area (TPSA) is 64.7 Å². The zero-order valence-electron chi connectivity index (χ0n) is 14.9. The summed E-state index contributed by atoms with van der Waals surface area (Å²) in [5.41, 5.74) is 2.21. The van der Waals surface area contributed by atoms with E-state index in [1.54, 1.807) is 0 Å². The van der Waals surface area contributed by atoms with Crippen molar-refractivity contribution in [3.63, 3.8) is 0 Å². The first-order chi connectivity index (χ1) is 11.7. The summed E-state index contributed by atoms with van der Waals surface area (Å²) in [6.07, 6.45) is 1.60. The highest BCUT2D eigenvalue weighted by atomic mass is 35.5. The second-order valence-corrected chi connectivity index (χ2v) is 6.49. The second kappa shape index (κ2) is 11.4. The summed E-state index contributed by atoms with van der Waals surface area (Å²) >= 11 is 0. The number of hydrogen-bond acceptors (Lipinski definition) is 4. The van der Waals surface area contributed by atoms with Crippen LogP contribution in [0.5, 0.6) is 0 Å². The van der Waals surface area contributed by atoms with Gasteiger partial charge in [0.1, 0.15) is 0 Å². The Kier molecular flexibility index (Phi) is 9.94. The van der Waals surface area contributed by atoms with Crippen LogP contribution in [0.15, 0.2) is 24.3 Å². The highest BCUT2D eigenvalue weighted by molar-refractivity contribution is 5.85. The number of carbonyl (C=O) groups excluding carboxylic acids is 2. The van der Waals surface area contributed by atoms with Crippen LogP contribution in [-0.2, 0) is 22.7 Å². The zero-order chi connectivity index (χ0) is 16.8. The third-order valence-corrected chi connectivity index (χ3v) is 4.70. The fraction of sp³-hybridized carbons (Fsp3) is 0.556. The molecule has 1 aromatic rings. The van der Waals surface area contributed by atoms with Gasteiger partial charge in [0.05, 0.1) is 6.54 Å². The van der Waals surface area contributed by atoms with Crippen molar-refractivity contribution >= 4 is 36.6 Å². The minimum atomic E-state index is 0. The van der Waals surface area contributed by atoms with Crippen LogP contribution in [0.1, 0.15) is 24.0 Å². The number of nitrogens with zero attached hydrogens (tertiary/aromatic N) is 2. The van der Waals surface area contributed by atoms with Gasteiger partial charge in [0, 0.05) is 52.2 Å². The summed E-state index contributed by atoms with van der Waals surface area (Å²) in [5.74, 6) is 0.288. The summed E-state index contributed by atoms with van der Waals surface area (Å²) in [6, 6.07) is 8.04. The van der Waals surface area contributed by atoms with E-state index in [0.717, 1.165) is 50.3 Å². The van der Waals surface area contributed by atoms with Gasteiger partial charge in [-0.2, -0.15) is 0 Å². The smallest absolute Gasteiger partial charge is 0.234 e. The molecule has 0 aliphatic carbocycles. The molecule has 0 unspecified atom stereocenters. The molecule has 0 spiro atoms. The first-order valence-electron chi connectivity index (χ1n) is 8.77. The largest absolute Gasteiger partial charge is 0.351 e. The molecule has 2 aliphatic rings. The minimum absolute atomic E-state index is 0. The van der Waals surface area contributed by atoms with Crippen molar-refractivity contribution < 1.29 is 9.59 Å². The summed E-state index contributed by atoms with van der Waals surface area (Å²) in [4.78, 5) is 28.0. The van der Waals surface area contributed by atoms with E-state index in [2.05, 4.69) is 15.5 Å². The molecule has 2 aliphatic heterocycles. The third-order valence-electron chi connectivity index (χ3n) is 4.70. The summed E-state index contributed by atoms with van der Waals surface area (Å²) < 4.78 is 0. The predicted molar refractivity (Wildman–Crippen MR) is 107 cm³/mol. The van der Waals surface area contributed by atoms with E-state index in [-0.39, 0.29) is 36.6 Å². The molecule has 1 aromatic carbocycles. The highest BCUT2D eigenvalue weighted by Gasteiger charge is 2.21. The third kappa shape index (κ3) is 6.43. The van der Waals surface area contributed by atoms with E-state index in [1.807, 2.05) is 29.2 Å². The first-order valence-corrected chi connectivity index (χ1v) is 8.77. The van der Waals surface area contributed by atoms with Crippen LogP contribution >= 0.6 is 24.8 Å². The van der Waals surface area contributed by atoms with Gasteiger partial charge >= 0.3 is 0 Å². The number of halogens is 2. The van der Waals surface area contributed by atoms with E-state index in [9.17, 15) is 9.59 Å². The van der Waals surface area contributed by atoms with Crippen molar-refractivity contribution in [1.29, 1.82) is 0 Å². The number of rotatable bonds is 6. The van der Waals surface area contributed by atoms with E-state index >= 15 is 0 Å². The molecule has 8 heteroatoms.